The van der Waals surface area contributed by atoms with Gasteiger partial charge in [-0.25, -0.2) is 0 Å². The van der Waals surface area contributed by atoms with E-state index in [2.05, 4.69) is 10.6 Å². The molecule has 0 saturated carbocycles. The molecule has 1 aliphatic heterocycles. The molecule has 0 spiro atoms. The summed E-state index contributed by atoms with van der Waals surface area (Å²) in [7, 11) is 1.51. The minimum Gasteiger partial charge on any atom is -0.495 e. The standard InChI is InChI=1S/C25H22ClN3O4/c1-33-22-12-9-18(26)14-21(22)28-24(31)16-7-10-19(11-8-16)27-25(32)17-13-23(30)29(15-17)20-5-3-2-4-6-20/h2-12,14,17H,13,15H2,1H3,(H,27,32)(H,28,31). The predicted octanol–water partition coefficient (Wildman–Crippen LogP) is 4.59. The van der Waals surface area contributed by atoms with E-state index < -0.39 is 5.92 Å². The van der Waals surface area contributed by atoms with Crippen molar-refractivity contribution in [3.05, 3.63) is 83.4 Å². The molecular formula is C25H22ClN3O4. The molecule has 3 aromatic rings. The molecular weight excluding hydrogens is 442 g/mol. The van der Waals surface area contributed by atoms with Gasteiger partial charge in [-0.2, -0.15) is 0 Å². The van der Waals surface area contributed by atoms with Crippen LogP contribution >= 0.6 is 11.6 Å². The van der Waals surface area contributed by atoms with Crippen LogP contribution < -0.4 is 20.3 Å². The van der Waals surface area contributed by atoms with Gasteiger partial charge in [0.15, 0.2) is 0 Å². The van der Waals surface area contributed by atoms with Gasteiger partial charge in [-0.05, 0) is 54.6 Å². The van der Waals surface area contributed by atoms with E-state index >= 15 is 0 Å². The van der Waals surface area contributed by atoms with Gasteiger partial charge in [-0.15, -0.1) is 0 Å². The molecule has 0 aromatic heterocycles. The van der Waals surface area contributed by atoms with Crippen LogP contribution in [0.1, 0.15) is 16.8 Å². The van der Waals surface area contributed by atoms with Gasteiger partial charge in [0.05, 0.1) is 18.7 Å². The molecule has 0 bridgehead atoms. The molecule has 7 nitrogen and oxygen atoms in total. The Labute approximate surface area is 196 Å². The summed E-state index contributed by atoms with van der Waals surface area (Å²) in [5, 5.41) is 6.07. The molecule has 4 rings (SSSR count). The zero-order valence-corrected chi connectivity index (χ0v) is 18.6. The smallest absolute Gasteiger partial charge is 0.255 e. The van der Waals surface area contributed by atoms with E-state index in [0.717, 1.165) is 5.69 Å². The SMILES string of the molecule is COc1ccc(Cl)cc1NC(=O)c1ccc(NC(=O)C2CC(=O)N(c3ccccc3)C2)cc1. The van der Waals surface area contributed by atoms with Crippen molar-refractivity contribution in [1.82, 2.24) is 0 Å². The molecule has 1 atom stereocenters. The predicted molar refractivity (Wildman–Crippen MR) is 128 cm³/mol. The van der Waals surface area contributed by atoms with E-state index in [-0.39, 0.29) is 24.1 Å². The number of para-hydroxylation sites is 1. The molecule has 8 heteroatoms. The van der Waals surface area contributed by atoms with Crippen LogP contribution in [-0.2, 0) is 9.59 Å². The molecule has 0 aliphatic carbocycles. The Morgan fingerprint density at radius 2 is 1.73 bits per heavy atom. The second-order valence-electron chi connectivity index (χ2n) is 7.61. The Balaban J connectivity index is 1.38. The van der Waals surface area contributed by atoms with E-state index in [9.17, 15) is 14.4 Å². The summed E-state index contributed by atoms with van der Waals surface area (Å²) < 4.78 is 5.24. The number of carbonyl (C=O) groups excluding carboxylic acids is 3. The van der Waals surface area contributed by atoms with E-state index in [1.807, 2.05) is 30.3 Å². The third-order valence-electron chi connectivity index (χ3n) is 5.39. The normalized spacial score (nSPS) is 15.3. The largest absolute Gasteiger partial charge is 0.495 e. The zero-order valence-electron chi connectivity index (χ0n) is 17.9. The summed E-state index contributed by atoms with van der Waals surface area (Å²) in [6.45, 7) is 0.330. The lowest BCUT2D eigenvalue weighted by Gasteiger charge is -2.16. The lowest BCUT2D eigenvalue weighted by Crippen LogP contribution is -2.28. The number of hydrogen-bond donors (Lipinski definition) is 2. The van der Waals surface area contributed by atoms with Crippen LogP contribution in [0.15, 0.2) is 72.8 Å². The maximum absolute atomic E-state index is 12.7. The molecule has 33 heavy (non-hydrogen) atoms. The number of nitrogens with one attached hydrogen (secondary N) is 2. The molecule has 2 N–H and O–H groups in total. The first-order chi connectivity index (χ1) is 15.9. The van der Waals surface area contributed by atoms with E-state index in [0.29, 0.717) is 34.3 Å². The zero-order chi connectivity index (χ0) is 23.4. The molecule has 1 aliphatic rings. The molecule has 1 heterocycles. The van der Waals surface area contributed by atoms with Crippen molar-refractivity contribution in [3.63, 3.8) is 0 Å². The van der Waals surface area contributed by atoms with Gasteiger partial charge in [0.2, 0.25) is 11.8 Å². The Morgan fingerprint density at radius 3 is 2.42 bits per heavy atom. The number of rotatable bonds is 6. The van der Waals surface area contributed by atoms with Crippen LogP contribution in [0, 0.1) is 5.92 Å². The molecule has 1 saturated heterocycles. The van der Waals surface area contributed by atoms with Crippen molar-refractivity contribution < 1.29 is 19.1 Å². The molecule has 3 aromatic carbocycles. The van der Waals surface area contributed by atoms with Gasteiger partial charge >= 0.3 is 0 Å². The number of nitrogens with zero attached hydrogens (tertiary/aromatic N) is 1. The van der Waals surface area contributed by atoms with Crippen LogP contribution in [0.5, 0.6) is 5.75 Å². The molecule has 1 unspecified atom stereocenters. The molecule has 0 radical (unpaired) electrons. The van der Waals surface area contributed by atoms with Crippen molar-refractivity contribution in [1.29, 1.82) is 0 Å². The number of hydrogen-bond acceptors (Lipinski definition) is 4. The monoisotopic (exact) mass is 463 g/mol. The minimum atomic E-state index is -0.448. The fourth-order valence-electron chi connectivity index (χ4n) is 3.66. The maximum Gasteiger partial charge on any atom is 0.255 e. The summed E-state index contributed by atoms with van der Waals surface area (Å²) in [6, 6.07) is 20.7. The molecule has 1 fully saturated rings. The summed E-state index contributed by atoms with van der Waals surface area (Å²) in [4.78, 5) is 39.3. The maximum atomic E-state index is 12.7. The van der Waals surface area contributed by atoms with Crippen LogP contribution in [-0.4, -0.2) is 31.4 Å². The fraction of sp³-hybridized carbons (Fsp3) is 0.160. The summed E-state index contributed by atoms with van der Waals surface area (Å²) in [6.07, 6.45) is 0.155. The van der Waals surface area contributed by atoms with Gasteiger partial charge in [0, 0.05) is 34.9 Å². The molecule has 168 valence electrons. The van der Waals surface area contributed by atoms with Gasteiger partial charge in [-0.3, -0.25) is 14.4 Å². The minimum absolute atomic E-state index is 0.0789. The summed E-state index contributed by atoms with van der Waals surface area (Å²) in [5.41, 5.74) is 2.19. The highest BCUT2D eigenvalue weighted by molar-refractivity contribution is 6.31. The average Bonchev–Trinajstić information content (AvgIpc) is 3.22. The molecule has 3 amide bonds. The third kappa shape index (κ3) is 5.15. The van der Waals surface area contributed by atoms with E-state index in [1.165, 1.54) is 7.11 Å². The first-order valence-electron chi connectivity index (χ1n) is 10.4. The third-order valence-corrected chi connectivity index (χ3v) is 5.62. The average molecular weight is 464 g/mol. The van der Waals surface area contributed by atoms with Gasteiger partial charge in [0.1, 0.15) is 5.75 Å². The highest BCUT2D eigenvalue weighted by Crippen LogP contribution is 2.29. The van der Waals surface area contributed by atoms with Gasteiger partial charge < -0.3 is 20.3 Å². The van der Waals surface area contributed by atoms with Crippen LogP contribution in [0.25, 0.3) is 0 Å². The van der Waals surface area contributed by atoms with Crippen molar-refractivity contribution in [2.24, 2.45) is 5.92 Å². The van der Waals surface area contributed by atoms with Crippen LogP contribution in [0.4, 0.5) is 17.1 Å². The highest BCUT2D eigenvalue weighted by atomic mass is 35.5. The van der Waals surface area contributed by atoms with Crippen LogP contribution in [0.3, 0.4) is 0 Å². The number of amides is 3. The Kier molecular flexibility index (Phi) is 6.60. The topological polar surface area (TPSA) is 87.7 Å². The Bertz CT molecular complexity index is 1180. The number of carbonyl (C=O) groups is 3. The Morgan fingerprint density at radius 1 is 1.00 bits per heavy atom. The summed E-state index contributed by atoms with van der Waals surface area (Å²) in [5.74, 6) is -0.607. The summed E-state index contributed by atoms with van der Waals surface area (Å²) >= 11 is 6.01. The number of anilines is 3. The number of benzene rings is 3. The quantitative estimate of drug-likeness (QED) is 0.559. The fourth-order valence-corrected chi connectivity index (χ4v) is 3.83. The first kappa shape index (κ1) is 22.4. The van der Waals surface area contributed by atoms with Crippen molar-refractivity contribution in [3.8, 4) is 5.75 Å². The number of methoxy groups -OCH3 is 1. The van der Waals surface area contributed by atoms with E-state index in [4.69, 9.17) is 16.3 Å². The lowest BCUT2D eigenvalue weighted by molar-refractivity contribution is -0.122. The Hall–Kier alpha value is -3.84. The number of halogens is 1. The first-order valence-corrected chi connectivity index (χ1v) is 10.7. The van der Waals surface area contributed by atoms with Crippen molar-refractivity contribution >= 4 is 46.4 Å². The van der Waals surface area contributed by atoms with Gasteiger partial charge in [-0.1, -0.05) is 29.8 Å². The number of ether oxygens (including phenoxy) is 1. The van der Waals surface area contributed by atoms with Crippen LogP contribution in [0.2, 0.25) is 5.02 Å². The second-order valence-corrected chi connectivity index (χ2v) is 8.04. The van der Waals surface area contributed by atoms with E-state index in [1.54, 1.807) is 47.4 Å². The van der Waals surface area contributed by atoms with Crippen molar-refractivity contribution in [2.45, 2.75) is 6.42 Å². The van der Waals surface area contributed by atoms with Crippen molar-refractivity contribution in [2.75, 3.05) is 29.2 Å². The highest BCUT2D eigenvalue weighted by Gasteiger charge is 2.35. The lowest BCUT2D eigenvalue weighted by atomic mass is 10.1. The second kappa shape index (κ2) is 9.75. The van der Waals surface area contributed by atoms with Gasteiger partial charge in [0.25, 0.3) is 5.91 Å².